The molecule has 1 aromatic heterocycles. The molecule has 0 spiro atoms. The third kappa shape index (κ3) is 3.03. The third-order valence-electron chi connectivity index (χ3n) is 4.44. The Kier molecular flexibility index (Phi) is 4.65. The second-order valence-corrected chi connectivity index (χ2v) is 6.37. The fourth-order valence-electron chi connectivity index (χ4n) is 2.63. The molecular weight excluding hydrogens is 278 g/mol. The molecule has 2 rings (SSSR count). The highest BCUT2D eigenvalue weighted by molar-refractivity contribution is 5.82. The molecule has 0 N–H and O–H groups in total. The van der Waals surface area contributed by atoms with Crippen molar-refractivity contribution in [1.82, 2.24) is 14.9 Å². The van der Waals surface area contributed by atoms with Crippen molar-refractivity contribution >= 4 is 11.7 Å². The molecule has 6 heteroatoms. The number of carbonyl (C=O) groups is 1. The lowest BCUT2D eigenvalue weighted by molar-refractivity contribution is -0.143. The van der Waals surface area contributed by atoms with E-state index in [-0.39, 0.29) is 17.4 Å². The predicted octanol–water partition coefficient (Wildman–Crippen LogP) is 1.82. The van der Waals surface area contributed by atoms with Crippen molar-refractivity contribution in [2.45, 2.75) is 40.2 Å². The van der Waals surface area contributed by atoms with Crippen LogP contribution in [0.15, 0.2) is 12.4 Å². The molecule has 0 aromatic carbocycles. The topological polar surface area (TPSA) is 73.1 Å². The summed E-state index contributed by atoms with van der Waals surface area (Å²) < 4.78 is 0. The third-order valence-corrected chi connectivity index (χ3v) is 4.44. The number of aromatic nitrogens is 2. The van der Waals surface area contributed by atoms with Crippen molar-refractivity contribution < 1.29 is 4.79 Å². The van der Waals surface area contributed by atoms with Gasteiger partial charge >= 0.3 is 0 Å². The molecule has 1 unspecified atom stereocenters. The van der Waals surface area contributed by atoms with Gasteiger partial charge in [-0.1, -0.05) is 20.8 Å². The van der Waals surface area contributed by atoms with E-state index in [2.05, 4.69) is 16.0 Å². The largest absolute Gasteiger partial charge is 0.350 e. The minimum atomic E-state index is -0.333. The highest BCUT2D eigenvalue weighted by atomic mass is 16.2. The Morgan fingerprint density at radius 1 is 1.41 bits per heavy atom. The minimum absolute atomic E-state index is 0.0839. The molecule has 6 nitrogen and oxygen atoms in total. The van der Waals surface area contributed by atoms with Crippen molar-refractivity contribution in [3.8, 4) is 6.07 Å². The highest BCUT2D eigenvalue weighted by Gasteiger charge is 2.36. The molecule has 1 amide bonds. The van der Waals surface area contributed by atoms with Gasteiger partial charge in [-0.2, -0.15) is 5.26 Å². The van der Waals surface area contributed by atoms with Crippen LogP contribution in [0.5, 0.6) is 0 Å². The number of hydrogen-bond acceptors (Lipinski definition) is 5. The van der Waals surface area contributed by atoms with Crippen LogP contribution in [-0.2, 0) is 4.79 Å². The van der Waals surface area contributed by atoms with E-state index in [0.29, 0.717) is 31.1 Å². The lowest BCUT2D eigenvalue weighted by Crippen LogP contribution is -2.57. The molecule has 1 atom stereocenters. The molecule has 1 aromatic rings. The van der Waals surface area contributed by atoms with Crippen LogP contribution in [0.3, 0.4) is 0 Å². The molecule has 1 saturated heterocycles. The number of nitriles is 1. The Labute approximate surface area is 131 Å². The van der Waals surface area contributed by atoms with Crippen LogP contribution >= 0.6 is 0 Å². The molecule has 22 heavy (non-hydrogen) atoms. The number of carbonyl (C=O) groups excluding carboxylic acids is 1. The second kappa shape index (κ2) is 6.30. The lowest BCUT2D eigenvalue weighted by atomic mass is 9.87. The monoisotopic (exact) mass is 301 g/mol. The summed E-state index contributed by atoms with van der Waals surface area (Å²) in [6.07, 6.45) is 3.94. The van der Waals surface area contributed by atoms with Crippen molar-refractivity contribution in [3.63, 3.8) is 0 Å². The number of anilines is 1. The van der Waals surface area contributed by atoms with Gasteiger partial charge in [0.15, 0.2) is 11.5 Å². The van der Waals surface area contributed by atoms with Gasteiger partial charge in [0.05, 0.1) is 0 Å². The van der Waals surface area contributed by atoms with Crippen molar-refractivity contribution in [3.05, 3.63) is 18.1 Å². The van der Waals surface area contributed by atoms with Crippen molar-refractivity contribution in [1.29, 1.82) is 5.26 Å². The number of hydrogen-bond donors (Lipinski definition) is 0. The Hall–Kier alpha value is -2.16. The van der Waals surface area contributed by atoms with E-state index in [1.807, 2.05) is 37.5 Å². The maximum atomic E-state index is 12.7. The highest BCUT2D eigenvalue weighted by Crippen LogP contribution is 2.27. The maximum absolute atomic E-state index is 12.7. The summed E-state index contributed by atoms with van der Waals surface area (Å²) in [4.78, 5) is 25.0. The average Bonchev–Trinajstić information content (AvgIpc) is 2.54. The number of amides is 1. The van der Waals surface area contributed by atoms with Crippen molar-refractivity contribution in [2.75, 3.05) is 24.5 Å². The molecule has 0 saturated carbocycles. The van der Waals surface area contributed by atoms with Gasteiger partial charge in [0.2, 0.25) is 5.91 Å². The SMILES string of the molecule is CCC(C)(C)C(=O)N1CCN(c2nccnc2C#N)CC1C. The summed E-state index contributed by atoms with van der Waals surface area (Å²) >= 11 is 0. The fourth-order valence-corrected chi connectivity index (χ4v) is 2.63. The van der Waals surface area contributed by atoms with Gasteiger partial charge in [-0.05, 0) is 13.3 Å². The quantitative estimate of drug-likeness (QED) is 0.851. The van der Waals surface area contributed by atoms with E-state index >= 15 is 0 Å². The zero-order valence-electron chi connectivity index (χ0n) is 13.7. The normalized spacial score (nSPS) is 19.0. The zero-order chi connectivity index (χ0) is 16.3. The smallest absolute Gasteiger partial charge is 0.228 e. The van der Waals surface area contributed by atoms with Crippen molar-refractivity contribution in [2.24, 2.45) is 5.41 Å². The minimum Gasteiger partial charge on any atom is -0.350 e. The lowest BCUT2D eigenvalue weighted by Gasteiger charge is -2.43. The Morgan fingerprint density at radius 3 is 2.68 bits per heavy atom. The fraction of sp³-hybridized carbons (Fsp3) is 0.625. The number of nitrogens with zero attached hydrogens (tertiary/aromatic N) is 5. The molecule has 118 valence electrons. The summed E-state index contributed by atoms with van der Waals surface area (Å²) in [6.45, 7) is 10.0. The Balaban J connectivity index is 2.14. The van der Waals surface area contributed by atoms with Gasteiger partial charge in [0.1, 0.15) is 6.07 Å². The van der Waals surface area contributed by atoms with E-state index < -0.39 is 0 Å². The molecule has 0 aliphatic carbocycles. The van der Waals surface area contributed by atoms with Crippen LogP contribution in [-0.4, -0.2) is 46.5 Å². The number of rotatable bonds is 3. The summed E-state index contributed by atoms with van der Waals surface area (Å²) in [7, 11) is 0. The molecule has 0 radical (unpaired) electrons. The summed E-state index contributed by atoms with van der Waals surface area (Å²) in [5.41, 5.74) is 0.00391. The predicted molar refractivity (Wildman–Crippen MR) is 84.2 cm³/mol. The van der Waals surface area contributed by atoms with Crippen LogP contribution in [0, 0.1) is 16.7 Å². The standard InChI is InChI=1S/C16H23N5O/c1-5-16(3,4)15(22)21-9-8-20(11-12(21)2)14-13(10-17)18-6-7-19-14/h6-7,12H,5,8-9,11H2,1-4H3. The van der Waals surface area contributed by atoms with Gasteiger partial charge in [-0.3, -0.25) is 4.79 Å². The Morgan fingerprint density at radius 2 is 2.09 bits per heavy atom. The zero-order valence-corrected chi connectivity index (χ0v) is 13.7. The molecule has 1 fully saturated rings. The summed E-state index contributed by atoms with van der Waals surface area (Å²) in [5.74, 6) is 0.806. The molecule has 2 heterocycles. The van der Waals surface area contributed by atoms with Gasteiger partial charge in [0, 0.05) is 43.5 Å². The van der Waals surface area contributed by atoms with E-state index in [1.165, 1.54) is 6.20 Å². The molecular formula is C16H23N5O. The van der Waals surface area contributed by atoms with Crippen LogP contribution in [0.2, 0.25) is 0 Å². The van der Waals surface area contributed by atoms with Crippen LogP contribution in [0.25, 0.3) is 0 Å². The van der Waals surface area contributed by atoms with E-state index in [0.717, 1.165) is 6.42 Å². The van der Waals surface area contributed by atoms with E-state index in [1.54, 1.807) is 6.20 Å². The molecule has 0 bridgehead atoms. The van der Waals surface area contributed by atoms with Gasteiger partial charge < -0.3 is 9.80 Å². The van der Waals surface area contributed by atoms with E-state index in [9.17, 15) is 4.79 Å². The van der Waals surface area contributed by atoms with Crippen LogP contribution < -0.4 is 4.90 Å². The first-order chi connectivity index (χ1) is 10.4. The van der Waals surface area contributed by atoms with Gasteiger partial charge in [-0.25, -0.2) is 9.97 Å². The van der Waals surface area contributed by atoms with Crippen LogP contribution in [0.4, 0.5) is 5.82 Å². The van der Waals surface area contributed by atoms with Crippen LogP contribution in [0.1, 0.15) is 39.8 Å². The van der Waals surface area contributed by atoms with Gasteiger partial charge in [0.25, 0.3) is 0 Å². The second-order valence-electron chi connectivity index (χ2n) is 6.37. The first kappa shape index (κ1) is 16.2. The van der Waals surface area contributed by atoms with E-state index in [4.69, 9.17) is 5.26 Å². The summed E-state index contributed by atoms with van der Waals surface area (Å²) in [6, 6.07) is 2.16. The molecule has 1 aliphatic rings. The Bertz CT molecular complexity index is 592. The maximum Gasteiger partial charge on any atom is 0.228 e. The summed E-state index contributed by atoms with van der Waals surface area (Å²) in [5, 5.41) is 9.15. The van der Waals surface area contributed by atoms with Gasteiger partial charge in [-0.15, -0.1) is 0 Å². The first-order valence-electron chi connectivity index (χ1n) is 7.68. The number of piperazine rings is 1. The first-order valence-corrected chi connectivity index (χ1v) is 7.68. The average molecular weight is 301 g/mol. The molecule has 1 aliphatic heterocycles.